The van der Waals surface area contributed by atoms with Crippen LogP contribution >= 0.6 is 0 Å². The number of benzene rings is 1. The van der Waals surface area contributed by atoms with Gasteiger partial charge in [0, 0.05) is 13.1 Å². The topological polar surface area (TPSA) is 85.4 Å². The highest BCUT2D eigenvalue weighted by atomic mass is 16.5. The smallest absolute Gasteiger partial charge is 0.290 e. The number of carbonyl (C=O) groups excluding carboxylic acids is 2. The van der Waals surface area contributed by atoms with Crippen LogP contribution in [0.3, 0.4) is 0 Å². The summed E-state index contributed by atoms with van der Waals surface area (Å²) in [4.78, 5) is 29.5. The van der Waals surface area contributed by atoms with Crippen LogP contribution in [0, 0.1) is 6.92 Å². The standard InChI is InChI=1S/C26H32N2O6/c1-5-13-28(26(30)23-7-6-15-33-23)18-25(29)27(17-21-10-8-19(2)34-21)14-12-20-9-11-22(31-3)24(16-20)32-4/h6-11,15-16H,5,12-14,17-18H2,1-4H3. The van der Waals surface area contributed by atoms with Crippen molar-refractivity contribution in [2.75, 3.05) is 33.9 Å². The van der Waals surface area contributed by atoms with Crippen molar-refractivity contribution in [3.63, 3.8) is 0 Å². The zero-order valence-electron chi connectivity index (χ0n) is 20.2. The third kappa shape index (κ3) is 6.43. The van der Waals surface area contributed by atoms with E-state index in [2.05, 4.69) is 0 Å². The van der Waals surface area contributed by atoms with Crippen LogP contribution in [-0.4, -0.2) is 55.5 Å². The molecule has 0 atom stereocenters. The zero-order chi connectivity index (χ0) is 24.5. The van der Waals surface area contributed by atoms with Crippen LogP contribution in [0.5, 0.6) is 11.5 Å². The number of ether oxygens (including phenoxy) is 2. The Kier molecular flexibility index (Phi) is 8.79. The second-order valence-corrected chi connectivity index (χ2v) is 7.97. The Morgan fingerprint density at radius 1 is 0.971 bits per heavy atom. The summed E-state index contributed by atoms with van der Waals surface area (Å²) in [6, 6.07) is 12.7. The maximum atomic E-state index is 13.4. The largest absolute Gasteiger partial charge is 0.493 e. The molecule has 0 spiro atoms. The summed E-state index contributed by atoms with van der Waals surface area (Å²) >= 11 is 0. The van der Waals surface area contributed by atoms with Gasteiger partial charge in [0.2, 0.25) is 5.91 Å². The fourth-order valence-corrected chi connectivity index (χ4v) is 3.69. The van der Waals surface area contributed by atoms with Gasteiger partial charge in [0.1, 0.15) is 18.1 Å². The van der Waals surface area contributed by atoms with E-state index in [1.165, 1.54) is 11.2 Å². The highest BCUT2D eigenvalue weighted by Gasteiger charge is 2.24. The Morgan fingerprint density at radius 3 is 2.38 bits per heavy atom. The number of aryl methyl sites for hydroxylation is 1. The van der Waals surface area contributed by atoms with Crippen molar-refractivity contribution < 1.29 is 27.9 Å². The van der Waals surface area contributed by atoms with E-state index < -0.39 is 0 Å². The number of hydrogen-bond acceptors (Lipinski definition) is 6. The molecule has 0 aliphatic heterocycles. The predicted octanol–water partition coefficient (Wildman–Crippen LogP) is 4.32. The van der Waals surface area contributed by atoms with Crippen molar-refractivity contribution in [1.29, 1.82) is 0 Å². The van der Waals surface area contributed by atoms with Gasteiger partial charge in [0.15, 0.2) is 17.3 Å². The quantitative estimate of drug-likeness (QED) is 0.394. The number of methoxy groups -OCH3 is 2. The minimum atomic E-state index is -0.297. The summed E-state index contributed by atoms with van der Waals surface area (Å²) in [5.41, 5.74) is 1.00. The average Bonchev–Trinajstić information content (AvgIpc) is 3.52. The van der Waals surface area contributed by atoms with Gasteiger partial charge >= 0.3 is 0 Å². The SMILES string of the molecule is CCCN(CC(=O)N(CCc1ccc(OC)c(OC)c1)Cc1ccc(C)o1)C(=O)c1ccco1. The van der Waals surface area contributed by atoms with E-state index in [-0.39, 0.29) is 24.1 Å². The van der Waals surface area contributed by atoms with E-state index >= 15 is 0 Å². The first-order valence-electron chi connectivity index (χ1n) is 11.3. The van der Waals surface area contributed by atoms with Gasteiger partial charge in [-0.05, 0) is 61.7 Å². The summed E-state index contributed by atoms with van der Waals surface area (Å²) < 4.78 is 21.7. The van der Waals surface area contributed by atoms with Crippen LogP contribution in [0.4, 0.5) is 0 Å². The molecule has 3 rings (SSSR count). The molecule has 34 heavy (non-hydrogen) atoms. The van der Waals surface area contributed by atoms with Gasteiger partial charge in [-0.25, -0.2) is 0 Å². The van der Waals surface area contributed by atoms with E-state index in [0.29, 0.717) is 43.3 Å². The van der Waals surface area contributed by atoms with Crippen molar-refractivity contribution in [2.45, 2.75) is 33.2 Å². The average molecular weight is 469 g/mol. The Hall–Kier alpha value is -3.68. The Morgan fingerprint density at radius 2 is 1.76 bits per heavy atom. The summed E-state index contributed by atoms with van der Waals surface area (Å²) in [5, 5.41) is 0. The molecule has 1 aromatic carbocycles. The van der Waals surface area contributed by atoms with E-state index in [1.54, 1.807) is 31.3 Å². The molecule has 3 aromatic rings. The summed E-state index contributed by atoms with van der Waals surface area (Å²) in [7, 11) is 3.18. The molecule has 2 aromatic heterocycles. The molecular formula is C26H32N2O6. The predicted molar refractivity (Wildman–Crippen MR) is 127 cm³/mol. The van der Waals surface area contributed by atoms with Crippen LogP contribution in [-0.2, 0) is 17.8 Å². The van der Waals surface area contributed by atoms with Crippen molar-refractivity contribution in [2.24, 2.45) is 0 Å². The van der Waals surface area contributed by atoms with E-state index in [1.807, 2.05) is 44.2 Å². The van der Waals surface area contributed by atoms with E-state index in [9.17, 15) is 9.59 Å². The summed E-state index contributed by atoms with van der Waals surface area (Å²) in [6.07, 6.45) is 2.78. The minimum absolute atomic E-state index is 0.0427. The number of rotatable bonds is 12. The molecule has 0 aliphatic rings. The Bertz CT molecular complexity index is 1070. The van der Waals surface area contributed by atoms with Crippen molar-refractivity contribution in [3.8, 4) is 11.5 Å². The van der Waals surface area contributed by atoms with Gasteiger partial charge < -0.3 is 28.1 Å². The third-order valence-corrected chi connectivity index (χ3v) is 5.45. The fraction of sp³-hybridized carbons (Fsp3) is 0.385. The molecule has 182 valence electrons. The van der Waals surface area contributed by atoms with Crippen LogP contribution < -0.4 is 9.47 Å². The normalized spacial score (nSPS) is 10.7. The van der Waals surface area contributed by atoms with E-state index in [4.69, 9.17) is 18.3 Å². The first kappa shape index (κ1) is 25.0. The van der Waals surface area contributed by atoms with Crippen molar-refractivity contribution in [1.82, 2.24) is 9.80 Å². The number of nitrogens with zero attached hydrogens (tertiary/aromatic N) is 2. The van der Waals surface area contributed by atoms with Crippen LogP contribution in [0.15, 0.2) is 57.6 Å². The monoisotopic (exact) mass is 468 g/mol. The molecular weight excluding hydrogens is 436 g/mol. The minimum Gasteiger partial charge on any atom is -0.493 e. The van der Waals surface area contributed by atoms with Gasteiger partial charge in [0.25, 0.3) is 5.91 Å². The van der Waals surface area contributed by atoms with Crippen LogP contribution in [0.25, 0.3) is 0 Å². The lowest BCUT2D eigenvalue weighted by molar-refractivity contribution is -0.132. The molecule has 0 fully saturated rings. The Labute approximate surface area is 200 Å². The van der Waals surface area contributed by atoms with Gasteiger partial charge in [-0.2, -0.15) is 0 Å². The molecule has 2 amide bonds. The Balaban J connectivity index is 1.76. The van der Waals surface area contributed by atoms with Crippen molar-refractivity contribution >= 4 is 11.8 Å². The highest BCUT2D eigenvalue weighted by Crippen LogP contribution is 2.28. The number of hydrogen-bond donors (Lipinski definition) is 0. The molecule has 0 saturated heterocycles. The first-order valence-corrected chi connectivity index (χ1v) is 11.3. The van der Waals surface area contributed by atoms with Gasteiger partial charge in [-0.15, -0.1) is 0 Å². The summed E-state index contributed by atoms with van der Waals surface area (Å²) in [6.45, 7) is 5.00. The van der Waals surface area contributed by atoms with Gasteiger partial charge in [-0.1, -0.05) is 13.0 Å². The summed E-state index contributed by atoms with van der Waals surface area (Å²) in [5.74, 6) is 2.52. The highest BCUT2D eigenvalue weighted by molar-refractivity contribution is 5.94. The lowest BCUT2D eigenvalue weighted by Crippen LogP contribution is -2.43. The number of amides is 2. The van der Waals surface area contributed by atoms with Gasteiger partial charge in [0.05, 0.1) is 27.0 Å². The maximum absolute atomic E-state index is 13.4. The molecule has 0 unspecified atom stereocenters. The zero-order valence-corrected chi connectivity index (χ0v) is 20.2. The molecule has 8 nitrogen and oxygen atoms in total. The second-order valence-electron chi connectivity index (χ2n) is 7.97. The molecule has 8 heteroatoms. The third-order valence-electron chi connectivity index (χ3n) is 5.45. The lowest BCUT2D eigenvalue weighted by Gasteiger charge is -2.27. The van der Waals surface area contributed by atoms with Crippen LogP contribution in [0.1, 0.15) is 41.0 Å². The van der Waals surface area contributed by atoms with Crippen LogP contribution in [0.2, 0.25) is 0 Å². The molecule has 0 N–H and O–H groups in total. The van der Waals surface area contributed by atoms with E-state index in [0.717, 1.165) is 17.7 Å². The molecule has 0 bridgehead atoms. The van der Waals surface area contributed by atoms with Crippen molar-refractivity contribution in [3.05, 3.63) is 71.6 Å². The first-order chi connectivity index (χ1) is 16.4. The van der Waals surface area contributed by atoms with Gasteiger partial charge in [-0.3, -0.25) is 9.59 Å². The number of carbonyl (C=O) groups is 2. The molecule has 0 aliphatic carbocycles. The lowest BCUT2D eigenvalue weighted by atomic mass is 10.1. The second kappa shape index (κ2) is 12.0. The maximum Gasteiger partial charge on any atom is 0.290 e. The molecule has 0 saturated carbocycles. The molecule has 2 heterocycles. The number of furan rings is 2. The fourth-order valence-electron chi connectivity index (χ4n) is 3.69. The molecule has 0 radical (unpaired) electrons.